The maximum absolute atomic E-state index is 10.4. The Kier molecular flexibility index (Phi) is 10.6. The Labute approximate surface area is 302 Å². The predicted octanol–water partition coefficient (Wildman–Crippen LogP) is 7.12. The van der Waals surface area contributed by atoms with Crippen molar-refractivity contribution in [1.82, 2.24) is 0 Å². The van der Waals surface area contributed by atoms with Gasteiger partial charge in [-0.1, -0.05) is 72.8 Å². The molecule has 0 radical (unpaired) electrons. The standard InChI is InChI=1S/C45H54O6/c46-25-7-19-43(20-8-26-47)34-16-4-1-13-31(34)37-40(43)38-33-15-3-6-18-36(33)45(23-11-29-50,24-12-30-51)42(38)39-32-14-2-5-17-35(32)44(41(37)39,21-9-27-48)22-10-28-49/h1-6,13-18,46-51H,7-12,19-30H2. The lowest BCUT2D eigenvalue weighted by Gasteiger charge is -2.39. The third-order valence-corrected chi connectivity index (χ3v) is 12.6. The molecule has 7 rings (SSSR count). The second kappa shape index (κ2) is 14.9. The molecule has 270 valence electrons. The molecule has 4 aromatic carbocycles. The average Bonchev–Trinajstić information content (AvgIpc) is 3.73. The van der Waals surface area contributed by atoms with Crippen LogP contribution in [0.25, 0.3) is 33.4 Å². The molecule has 0 unspecified atom stereocenters. The van der Waals surface area contributed by atoms with Gasteiger partial charge in [0, 0.05) is 55.9 Å². The first kappa shape index (κ1) is 36.0. The van der Waals surface area contributed by atoms with E-state index in [1.807, 2.05) is 0 Å². The number of aliphatic hydroxyl groups excluding tert-OH is 6. The van der Waals surface area contributed by atoms with Gasteiger partial charge in [-0.25, -0.2) is 0 Å². The van der Waals surface area contributed by atoms with Crippen molar-refractivity contribution in [3.05, 3.63) is 106 Å². The summed E-state index contributed by atoms with van der Waals surface area (Å²) in [4.78, 5) is 0. The highest BCUT2D eigenvalue weighted by atomic mass is 16.3. The zero-order valence-electron chi connectivity index (χ0n) is 29.8. The molecule has 0 amide bonds. The Morgan fingerprint density at radius 2 is 0.529 bits per heavy atom. The molecule has 0 spiro atoms. The van der Waals surface area contributed by atoms with Crippen LogP contribution in [0.4, 0.5) is 0 Å². The lowest BCUT2D eigenvalue weighted by atomic mass is 9.63. The second-order valence-electron chi connectivity index (χ2n) is 15.1. The molecule has 0 bridgehead atoms. The Morgan fingerprint density at radius 1 is 0.314 bits per heavy atom. The minimum absolute atomic E-state index is 0.0708. The van der Waals surface area contributed by atoms with E-state index in [1.165, 1.54) is 66.8 Å². The van der Waals surface area contributed by atoms with Crippen LogP contribution in [0.5, 0.6) is 0 Å². The fraction of sp³-hybridized carbons (Fsp3) is 0.467. The van der Waals surface area contributed by atoms with Gasteiger partial charge in [0.05, 0.1) is 0 Å². The van der Waals surface area contributed by atoms with Crippen LogP contribution in [-0.2, 0) is 16.2 Å². The Morgan fingerprint density at radius 3 is 0.745 bits per heavy atom. The summed E-state index contributed by atoms with van der Waals surface area (Å²) in [5.41, 5.74) is 13.5. The zero-order valence-corrected chi connectivity index (χ0v) is 29.8. The predicted molar refractivity (Wildman–Crippen MR) is 203 cm³/mol. The zero-order chi connectivity index (χ0) is 35.6. The number of fused-ring (bicyclic) bond motifs is 12. The smallest absolute Gasteiger partial charge is 0.0431 e. The molecule has 0 aliphatic heterocycles. The summed E-state index contributed by atoms with van der Waals surface area (Å²) in [6.45, 7) is 0.425. The number of hydrogen-bond donors (Lipinski definition) is 6. The number of aliphatic hydroxyl groups is 6. The van der Waals surface area contributed by atoms with Crippen LogP contribution in [-0.4, -0.2) is 70.3 Å². The van der Waals surface area contributed by atoms with E-state index in [-0.39, 0.29) is 39.6 Å². The number of benzene rings is 4. The van der Waals surface area contributed by atoms with Gasteiger partial charge in [0.25, 0.3) is 0 Å². The monoisotopic (exact) mass is 690 g/mol. The van der Waals surface area contributed by atoms with Gasteiger partial charge >= 0.3 is 0 Å². The molecule has 0 aromatic heterocycles. The first-order valence-electron chi connectivity index (χ1n) is 19.3. The van der Waals surface area contributed by atoms with Crippen molar-refractivity contribution in [3.63, 3.8) is 0 Å². The summed E-state index contributed by atoms with van der Waals surface area (Å²) in [5.74, 6) is 0. The van der Waals surface area contributed by atoms with Crippen LogP contribution in [0.15, 0.2) is 72.8 Å². The van der Waals surface area contributed by atoms with Crippen molar-refractivity contribution in [2.24, 2.45) is 0 Å². The van der Waals surface area contributed by atoms with Gasteiger partial charge in [-0.3, -0.25) is 0 Å². The van der Waals surface area contributed by atoms with E-state index in [0.29, 0.717) is 38.5 Å². The van der Waals surface area contributed by atoms with Gasteiger partial charge in [-0.05, 0) is 144 Å². The third kappa shape index (κ3) is 5.36. The highest BCUT2D eigenvalue weighted by Gasteiger charge is 2.57. The number of hydrogen-bond acceptors (Lipinski definition) is 6. The first-order valence-corrected chi connectivity index (χ1v) is 19.3. The summed E-state index contributed by atoms with van der Waals surface area (Å²) in [6, 6.07) is 26.3. The molecular formula is C45H54O6. The molecule has 0 saturated heterocycles. The lowest BCUT2D eigenvalue weighted by molar-refractivity contribution is 0.245. The molecule has 6 N–H and O–H groups in total. The third-order valence-electron chi connectivity index (χ3n) is 12.6. The van der Waals surface area contributed by atoms with E-state index >= 15 is 0 Å². The molecule has 0 atom stereocenters. The summed E-state index contributed by atoms with van der Waals surface area (Å²) >= 11 is 0. The van der Waals surface area contributed by atoms with Crippen LogP contribution in [0.1, 0.15) is 110 Å². The normalized spacial score (nSPS) is 16.4. The maximum Gasteiger partial charge on any atom is 0.0431 e. The summed E-state index contributed by atoms with van der Waals surface area (Å²) in [7, 11) is 0. The molecule has 0 heterocycles. The molecule has 51 heavy (non-hydrogen) atoms. The molecule has 3 aliphatic rings. The van der Waals surface area contributed by atoms with Gasteiger partial charge in [0.2, 0.25) is 0 Å². The fourth-order valence-electron chi connectivity index (χ4n) is 11.0. The quantitative estimate of drug-likeness (QED) is 0.0662. The van der Waals surface area contributed by atoms with Gasteiger partial charge in [0.1, 0.15) is 0 Å². The van der Waals surface area contributed by atoms with Crippen LogP contribution in [0.3, 0.4) is 0 Å². The van der Waals surface area contributed by atoms with Crippen LogP contribution in [0.2, 0.25) is 0 Å². The highest BCUT2D eigenvalue weighted by molar-refractivity contribution is 6.05. The minimum atomic E-state index is -0.470. The maximum atomic E-state index is 10.4. The van der Waals surface area contributed by atoms with Crippen molar-refractivity contribution in [3.8, 4) is 33.4 Å². The van der Waals surface area contributed by atoms with Crippen molar-refractivity contribution >= 4 is 0 Å². The van der Waals surface area contributed by atoms with Gasteiger partial charge in [0.15, 0.2) is 0 Å². The van der Waals surface area contributed by atoms with Crippen LogP contribution < -0.4 is 0 Å². The average molecular weight is 691 g/mol. The second-order valence-corrected chi connectivity index (χ2v) is 15.1. The summed E-state index contributed by atoms with van der Waals surface area (Å²) < 4.78 is 0. The van der Waals surface area contributed by atoms with E-state index in [9.17, 15) is 30.6 Å². The van der Waals surface area contributed by atoms with E-state index in [4.69, 9.17) is 0 Å². The van der Waals surface area contributed by atoms with Gasteiger partial charge < -0.3 is 30.6 Å². The van der Waals surface area contributed by atoms with Crippen LogP contribution in [0, 0.1) is 0 Å². The topological polar surface area (TPSA) is 121 Å². The molecule has 6 nitrogen and oxygen atoms in total. The molecule has 3 aliphatic carbocycles. The molecule has 4 aromatic rings. The molecule has 0 saturated carbocycles. The van der Waals surface area contributed by atoms with Gasteiger partial charge in [-0.15, -0.1) is 0 Å². The van der Waals surface area contributed by atoms with Crippen molar-refractivity contribution in [2.75, 3.05) is 39.6 Å². The first-order chi connectivity index (χ1) is 25.0. The summed E-state index contributed by atoms with van der Waals surface area (Å²) in [6.07, 6.45) is 8.09. The Balaban J connectivity index is 1.75. The summed E-state index contributed by atoms with van der Waals surface area (Å²) in [5, 5.41) is 62.4. The van der Waals surface area contributed by atoms with E-state index in [0.717, 1.165) is 38.5 Å². The van der Waals surface area contributed by atoms with E-state index < -0.39 is 16.2 Å². The van der Waals surface area contributed by atoms with E-state index in [2.05, 4.69) is 72.8 Å². The largest absolute Gasteiger partial charge is 0.396 e. The Hall–Kier alpha value is -3.36. The molecule has 0 fully saturated rings. The van der Waals surface area contributed by atoms with E-state index in [1.54, 1.807) is 0 Å². The number of rotatable bonds is 18. The SMILES string of the molecule is OCCCC1(CCCO)c2ccccc2-c2c1c1c(c3c2C(CCCO)(CCCO)c2ccccc2-3)C(CCCO)(CCCO)c2ccccc2-1. The molecular weight excluding hydrogens is 636 g/mol. The van der Waals surface area contributed by atoms with Crippen LogP contribution >= 0.6 is 0 Å². The Bertz CT molecular complexity index is 1600. The van der Waals surface area contributed by atoms with Crippen molar-refractivity contribution < 1.29 is 30.6 Å². The van der Waals surface area contributed by atoms with Gasteiger partial charge in [-0.2, -0.15) is 0 Å². The lowest BCUT2D eigenvalue weighted by Crippen LogP contribution is -2.31. The minimum Gasteiger partial charge on any atom is -0.396 e. The molecule has 6 heteroatoms. The highest BCUT2D eigenvalue weighted by Crippen LogP contribution is 2.71. The van der Waals surface area contributed by atoms with Crippen molar-refractivity contribution in [1.29, 1.82) is 0 Å². The fourth-order valence-corrected chi connectivity index (χ4v) is 11.0. The van der Waals surface area contributed by atoms with Crippen molar-refractivity contribution in [2.45, 2.75) is 93.3 Å².